The molecular weight excluding hydrogens is 248 g/mol. The standard InChI is InChI=1S/C13H24N2O4/c1-13(2,3)19-12(17)15-8-9(18-6)7-10(15)11(16)14(4)5/h9-10H,7-8H2,1-6H3/t9-,10+/m1/s1. The average molecular weight is 272 g/mol. The van der Waals surface area contributed by atoms with Crippen molar-refractivity contribution in [3.05, 3.63) is 0 Å². The molecule has 1 rings (SSSR count). The van der Waals surface area contributed by atoms with Gasteiger partial charge in [-0.25, -0.2) is 4.79 Å². The molecule has 6 heteroatoms. The number of ether oxygens (including phenoxy) is 2. The predicted octanol–water partition coefficient (Wildman–Crippen LogP) is 1.10. The van der Waals surface area contributed by atoms with Gasteiger partial charge in [-0.3, -0.25) is 9.69 Å². The molecule has 6 nitrogen and oxygen atoms in total. The zero-order valence-electron chi connectivity index (χ0n) is 12.6. The van der Waals surface area contributed by atoms with Gasteiger partial charge >= 0.3 is 6.09 Å². The highest BCUT2D eigenvalue weighted by Crippen LogP contribution is 2.23. The lowest BCUT2D eigenvalue weighted by Crippen LogP contribution is -2.47. The fourth-order valence-electron chi connectivity index (χ4n) is 2.02. The van der Waals surface area contributed by atoms with E-state index in [2.05, 4.69) is 0 Å². The van der Waals surface area contributed by atoms with Crippen LogP contribution >= 0.6 is 0 Å². The van der Waals surface area contributed by atoms with Crippen molar-refractivity contribution >= 4 is 12.0 Å². The van der Waals surface area contributed by atoms with Crippen LogP contribution in [0.3, 0.4) is 0 Å². The van der Waals surface area contributed by atoms with Gasteiger partial charge in [0.15, 0.2) is 0 Å². The Morgan fingerprint density at radius 3 is 2.26 bits per heavy atom. The zero-order valence-corrected chi connectivity index (χ0v) is 12.6. The Balaban J connectivity index is 2.83. The Morgan fingerprint density at radius 1 is 1.26 bits per heavy atom. The van der Waals surface area contributed by atoms with E-state index in [-0.39, 0.29) is 12.0 Å². The molecule has 2 amide bonds. The summed E-state index contributed by atoms with van der Waals surface area (Å²) in [6, 6.07) is -0.505. The van der Waals surface area contributed by atoms with Crippen molar-refractivity contribution in [2.75, 3.05) is 27.7 Å². The number of rotatable bonds is 2. The third-order valence-electron chi connectivity index (χ3n) is 2.95. The predicted molar refractivity (Wildman–Crippen MR) is 70.8 cm³/mol. The molecular formula is C13H24N2O4. The molecule has 0 aromatic carbocycles. The second kappa shape index (κ2) is 5.77. The van der Waals surface area contributed by atoms with Gasteiger partial charge in [0.2, 0.25) is 5.91 Å². The first-order valence-corrected chi connectivity index (χ1v) is 6.39. The molecule has 1 heterocycles. The van der Waals surface area contributed by atoms with Gasteiger partial charge in [0.05, 0.1) is 12.6 Å². The summed E-state index contributed by atoms with van der Waals surface area (Å²) in [5.41, 5.74) is -0.575. The Labute approximate surface area is 114 Å². The molecule has 0 unspecified atom stereocenters. The first-order valence-electron chi connectivity index (χ1n) is 6.39. The molecule has 0 radical (unpaired) electrons. The molecule has 0 saturated carbocycles. The number of methoxy groups -OCH3 is 1. The van der Waals surface area contributed by atoms with Crippen LogP contribution in [0.1, 0.15) is 27.2 Å². The monoisotopic (exact) mass is 272 g/mol. The summed E-state index contributed by atoms with van der Waals surface area (Å²) >= 11 is 0. The number of amides is 2. The minimum absolute atomic E-state index is 0.106. The number of carbonyl (C=O) groups excluding carboxylic acids is 2. The molecule has 2 atom stereocenters. The first-order chi connectivity index (χ1) is 8.65. The zero-order chi connectivity index (χ0) is 14.8. The molecule has 19 heavy (non-hydrogen) atoms. The Bertz CT molecular complexity index is 349. The van der Waals surface area contributed by atoms with Crippen LogP contribution in [0.25, 0.3) is 0 Å². The van der Waals surface area contributed by atoms with Crippen molar-refractivity contribution in [2.45, 2.75) is 44.9 Å². The maximum absolute atomic E-state index is 12.1. The van der Waals surface area contributed by atoms with Gasteiger partial charge in [-0.2, -0.15) is 0 Å². The maximum atomic E-state index is 12.1. The average Bonchev–Trinajstić information content (AvgIpc) is 2.69. The molecule has 1 fully saturated rings. The van der Waals surface area contributed by atoms with Crippen LogP contribution in [0.5, 0.6) is 0 Å². The lowest BCUT2D eigenvalue weighted by Gasteiger charge is -2.29. The lowest BCUT2D eigenvalue weighted by molar-refractivity contribution is -0.133. The highest BCUT2D eigenvalue weighted by molar-refractivity contribution is 5.86. The van der Waals surface area contributed by atoms with Gasteiger partial charge < -0.3 is 14.4 Å². The molecule has 0 aliphatic carbocycles. The minimum atomic E-state index is -0.575. The van der Waals surface area contributed by atoms with E-state index in [9.17, 15) is 9.59 Å². The summed E-state index contributed by atoms with van der Waals surface area (Å²) in [5.74, 6) is -0.106. The molecule has 0 aromatic rings. The van der Waals surface area contributed by atoms with Crippen molar-refractivity contribution < 1.29 is 19.1 Å². The first kappa shape index (κ1) is 15.8. The topological polar surface area (TPSA) is 59.1 Å². The van der Waals surface area contributed by atoms with Gasteiger partial charge in [0.1, 0.15) is 11.6 Å². The number of carbonyl (C=O) groups is 2. The van der Waals surface area contributed by atoms with E-state index >= 15 is 0 Å². The minimum Gasteiger partial charge on any atom is -0.444 e. The summed E-state index contributed by atoms with van der Waals surface area (Å²) in [6.45, 7) is 5.79. The van der Waals surface area contributed by atoms with E-state index in [1.54, 1.807) is 42.0 Å². The Morgan fingerprint density at radius 2 is 1.84 bits per heavy atom. The van der Waals surface area contributed by atoms with Crippen molar-refractivity contribution in [3.63, 3.8) is 0 Å². The van der Waals surface area contributed by atoms with E-state index in [0.717, 1.165) is 0 Å². The van der Waals surface area contributed by atoms with E-state index in [1.165, 1.54) is 9.80 Å². The molecule has 1 saturated heterocycles. The number of likely N-dealkylation sites (tertiary alicyclic amines) is 1. The van der Waals surface area contributed by atoms with Crippen LogP contribution in [0.4, 0.5) is 4.79 Å². The summed E-state index contributed by atoms with van der Waals surface area (Å²) in [5, 5.41) is 0. The van der Waals surface area contributed by atoms with Crippen molar-refractivity contribution in [1.29, 1.82) is 0 Å². The summed E-state index contributed by atoms with van der Waals surface area (Å²) < 4.78 is 10.6. The second-order valence-corrected chi connectivity index (χ2v) is 5.97. The van der Waals surface area contributed by atoms with E-state index in [4.69, 9.17) is 9.47 Å². The Kier molecular flexibility index (Phi) is 4.79. The number of hydrogen-bond acceptors (Lipinski definition) is 4. The van der Waals surface area contributed by atoms with Gasteiger partial charge in [-0.15, -0.1) is 0 Å². The Hall–Kier alpha value is -1.30. The van der Waals surface area contributed by atoms with Gasteiger partial charge in [-0.1, -0.05) is 0 Å². The second-order valence-electron chi connectivity index (χ2n) is 5.97. The van der Waals surface area contributed by atoms with E-state index in [0.29, 0.717) is 13.0 Å². The van der Waals surface area contributed by atoms with Crippen molar-refractivity contribution in [2.24, 2.45) is 0 Å². The molecule has 0 N–H and O–H groups in total. The quantitative estimate of drug-likeness (QED) is 0.755. The number of hydrogen-bond donors (Lipinski definition) is 0. The third-order valence-corrected chi connectivity index (χ3v) is 2.95. The molecule has 0 spiro atoms. The fourth-order valence-corrected chi connectivity index (χ4v) is 2.02. The van der Waals surface area contributed by atoms with Gasteiger partial charge in [0, 0.05) is 27.6 Å². The van der Waals surface area contributed by atoms with Crippen LogP contribution in [-0.4, -0.2) is 67.3 Å². The van der Waals surface area contributed by atoms with Crippen LogP contribution in [0.2, 0.25) is 0 Å². The van der Waals surface area contributed by atoms with Crippen LogP contribution in [0, 0.1) is 0 Å². The highest BCUT2D eigenvalue weighted by Gasteiger charge is 2.42. The molecule has 1 aliphatic rings. The van der Waals surface area contributed by atoms with Crippen LogP contribution in [-0.2, 0) is 14.3 Å². The van der Waals surface area contributed by atoms with Gasteiger partial charge in [0.25, 0.3) is 0 Å². The third kappa shape index (κ3) is 4.09. The van der Waals surface area contributed by atoms with E-state index < -0.39 is 17.7 Å². The lowest BCUT2D eigenvalue weighted by atomic mass is 10.2. The van der Waals surface area contributed by atoms with Crippen molar-refractivity contribution in [1.82, 2.24) is 9.80 Å². The summed E-state index contributed by atoms with van der Waals surface area (Å²) in [7, 11) is 4.94. The molecule has 0 bridgehead atoms. The van der Waals surface area contributed by atoms with Gasteiger partial charge in [-0.05, 0) is 20.8 Å². The number of nitrogens with zero attached hydrogens (tertiary/aromatic N) is 2. The summed E-state index contributed by atoms with van der Waals surface area (Å²) in [6.07, 6.45) is -0.0825. The summed E-state index contributed by atoms with van der Waals surface area (Å²) in [4.78, 5) is 27.2. The largest absolute Gasteiger partial charge is 0.444 e. The normalized spacial score (nSPS) is 23.4. The smallest absolute Gasteiger partial charge is 0.411 e. The SMILES string of the molecule is CO[C@@H]1C[C@@H](C(=O)N(C)C)N(C(=O)OC(C)(C)C)C1. The van der Waals surface area contributed by atoms with Crippen LogP contribution in [0.15, 0.2) is 0 Å². The van der Waals surface area contributed by atoms with Crippen molar-refractivity contribution in [3.8, 4) is 0 Å². The number of likely N-dealkylation sites (N-methyl/N-ethyl adjacent to an activating group) is 1. The van der Waals surface area contributed by atoms with Crippen LogP contribution < -0.4 is 0 Å². The molecule has 110 valence electrons. The van der Waals surface area contributed by atoms with E-state index in [1.807, 2.05) is 0 Å². The fraction of sp³-hybridized carbons (Fsp3) is 0.846. The highest BCUT2D eigenvalue weighted by atomic mass is 16.6. The molecule has 1 aliphatic heterocycles. The maximum Gasteiger partial charge on any atom is 0.411 e. The molecule has 0 aromatic heterocycles.